The maximum atomic E-state index is 12.8. The molecule has 0 spiro atoms. The fourth-order valence-corrected chi connectivity index (χ4v) is 4.38. The number of carbonyl (C=O) groups excluding carboxylic acids is 1. The second kappa shape index (κ2) is 12.4. The quantitative estimate of drug-likeness (QED) is 0.162. The van der Waals surface area contributed by atoms with Crippen molar-refractivity contribution in [3.05, 3.63) is 96.1 Å². The first-order chi connectivity index (χ1) is 17.8. The normalized spacial score (nSPS) is 11.2. The van der Waals surface area contributed by atoms with Gasteiger partial charge in [0.2, 0.25) is 0 Å². The third-order valence-electron chi connectivity index (χ3n) is 5.06. The van der Waals surface area contributed by atoms with Gasteiger partial charge >= 0.3 is 10.1 Å². The van der Waals surface area contributed by atoms with Crippen molar-refractivity contribution in [2.45, 2.75) is 18.2 Å². The number of carbonyl (C=O) groups is 1. The zero-order valence-electron chi connectivity index (χ0n) is 20.4. The van der Waals surface area contributed by atoms with E-state index in [0.717, 1.165) is 0 Å². The van der Waals surface area contributed by atoms with E-state index in [0.29, 0.717) is 29.2 Å². The molecule has 3 aromatic carbocycles. The van der Waals surface area contributed by atoms with Crippen molar-refractivity contribution in [3.8, 4) is 23.3 Å². The van der Waals surface area contributed by atoms with E-state index in [9.17, 15) is 18.5 Å². The Bertz CT molecular complexity index is 1440. The Kier molecular flexibility index (Phi) is 9.08. The van der Waals surface area contributed by atoms with Crippen molar-refractivity contribution in [2.75, 3.05) is 19.0 Å². The van der Waals surface area contributed by atoms with Gasteiger partial charge in [-0.3, -0.25) is 4.79 Å². The van der Waals surface area contributed by atoms with Gasteiger partial charge in [0.15, 0.2) is 11.5 Å². The number of nitrogens with one attached hydrogen (secondary N) is 1. The molecule has 0 radical (unpaired) electrons. The summed E-state index contributed by atoms with van der Waals surface area (Å²) in [5.41, 5.74) is 1.22. The summed E-state index contributed by atoms with van der Waals surface area (Å²) in [6, 6.07) is 19.5. The standard InChI is InChI=1S/C28H26N2O6S/c1-4-9-21-16-20(17-22(19-29)28(31)30-23-12-14-24(15-13-23)35-5-2)18-26(34-3)27(21)36-37(32,33)25-10-7-6-8-11-25/h4,6-8,10-18H,1,5,9H2,2-3H3,(H,30,31)/b22-17+. The van der Waals surface area contributed by atoms with Crippen molar-refractivity contribution in [1.82, 2.24) is 0 Å². The van der Waals surface area contributed by atoms with Gasteiger partial charge in [-0.25, -0.2) is 0 Å². The lowest BCUT2D eigenvalue weighted by molar-refractivity contribution is -0.112. The van der Waals surface area contributed by atoms with Crippen LogP contribution in [0.3, 0.4) is 0 Å². The molecule has 0 heterocycles. The van der Waals surface area contributed by atoms with Gasteiger partial charge < -0.3 is 19.0 Å². The van der Waals surface area contributed by atoms with Crippen LogP contribution in [0.4, 0.5) is 5.69 Å². The van der Waals surface area contributed by atoms with E-state index in [2.05, 4.69) is 11.9 Å². The molecule has 1 amide bonds. The number of ether oxygens (including phenoxy) is 2. The fourth-order valence-electron chi connectivity index (χ4n) is 3.38. The minimum absolute atomic E-state index is 0.000695. The van der Waals surface area contributed by atoms with Gasteiger partial charge in [-0.2, -0.15) is 13.7 Å². The summed E-state index contributed by atoms with van der Waals surface area (Å²) in [6.45, 7) is 6.11. The van der Waals surface area contributed by atoms with Crippen LogP contribution in [0.2, 0.25) is 0 Å². The van der Waals surface area contributed by atoms with Crippen LogP contribution < -0.4 is 19.0 Å². The van der Waals surface area contributed by atoms with Gasteiger partial charge in [0.1, 0.15) is 22.3 Å². The number of rotatable bonds is 11. The van der Waals surface area contributed by atoms with Crippen LogP contribution >= 0.6 is 0 Å². The van der Waals surface area contributed by atoms with Gasteiger partial charge in [0.25, 0.3) is 5.91 Å². The largest absolute Gasteiger partial charge is 0.494 e. The number of hydrogen-bond donors (Lipinski definition) is 1. The summed E-state index contributed by atoms with van der Waals surface area (Å²) in [6.07, 6.45) is 3.21. The highest BCUT2D eigenvalue weighted by Crippen LogP contribution is 2.36. The third kappa shape index (κ3) is 6.99. The first-order valence-electron chi connectivity index (χ1n) is 11.3. The van der Waals surface area contributed by atoms with Gasteiger partial charge in [-0.15, -0.1) is 6.58 Å². The summed E-state index contributed by atoms with van der Waals surface area (Å²) in [7, 11) is -2.77. The average molecular weight is 519 g/mol. The first-order valence-corrected chi connectivity index (χ1v) is 12.7. The monoisotopic (exact) mass is 518 g/mol. The Morgan fingerprint density at radius 2 is 1.81 bits per heavy atom. The molecule has 190 valence electrons. The summed E-state index contributed by atoms with van der Waals surface area (Å²) in [5, 5.41) is 12.3. The Balaban J connectivity index is 1.93. The summed E-state index contributed by atoms with van der Waals surface area (Å²) < 4.78 is 41.9. The second-order valence-electron chi connectivity index (χ2n) is 7.64. The van der Waals surface area contributed by atoms with Crippen molar-refractivity contribution in [2.24, 2.45) is 0 Å². The van der Waals surface area contributed by atoms with E-state index in [4.69, 9.17) is 13.7 Å². The lowest BCUT2D eigenvalue weighted by Crippen LogP contribution is -2.13. The second-order valence-corrected chi connectivity index (χ2v) is 9.18. The fraction of sp³-hybridized carbons (Fsp3) is 0.143. The Labute approximate surface area is 216 Å². The molecule has 0 unspecified atom stereocenters. The van der Waals surface area contributed by atoms with Crippen molar-refractivity contribution in [1.29, 1.82) is 5.26 Å². The number of methoxy groups -OCH3 is 1. The minimum Gasteiger partial charge on any atom is -0.494 e. The van der Waals surface area contributed by atoms with Gasteiger partial charge in [0.05, 0.1) is 13.7 Å². The first kappa shape index (κ1) is 27.0. The Morgan fingerprint density at radius 3 is 2.41 bits per heavy atom. The molecule has 0 aliphatic heterocycles. The van der Waals surface area contributed by atoms with E-state index >= 15 is 0 Å². The number of allylic oxidation sites excluding steroid dienone is 1. The number of nitriles is 1. The predicted molar refractivity (Wildman–Crippen MR) is 141 cm³/mol. The van der Waals surface area contributed by atoms with Crippen LogP contribution in [0.5, 0.6) is 17.2 Å². The molecular weight excluding hydrogens is 492 g/mol. The van der Waals surface area contributed by atoms with Gasteiger partial charge in [-0.05, 0) is 73.5 Å². The molecule has 0 aromatic heterocycles. The number of amides is 1. The molecule has 0 fully saturated rings. The molecule has 0 aliphatic rings. The van der Waals surface area contributed by atoms with Crippen LogP contribution in [-0.2, 0) is 21.3 Å². The van der Waals surface area contributed by atoms with Gasteiger partial charge in [0, 0.05) is 11.3 Å². The van der Waals surface area contributed by atoms with Crippen molar-refractivity contribution >= 4 is 27.8 Å². The molecule has 37 heavy (non-hydrogen) atoms. The summed E-state index contributed by atoms with van der Waals surface area (Å²) >= 11 is 0. The zero-order valence-corrected chi connectivity index (χ0v) is 21.2. The van der Waals surface area contributed by atoms with Crippen LogP contribution in [0.15, 0.2) is 89.9 Å². The highest BCUT2D eigenvalue weighted by atomic mass is 32.2. The molecule has 0 aliphatic carbocycles. The third-order valence-corrected chi connectivity index (χ3v) is 6.30. The predicted octanol–water partition coefficient (Wildman–Crippen LogP) is 5.14. The summed E-state index contributed by atoms with van der Waals surface area (Å²) in [4.78, 5) is 12.7. The van der Waals surface area contributed by atoms with E-state index in [1.54, 1.807) is 54.6 Å². The van der Waals surface area contributed by atoms with Crippen LogP contribution in [0, 0.1) is 11.3 Å². The molecule has 3 aromatic rings. The zero-order chi connectivity index (χ0) is 26.8. The van der Waals surface area contributed by atoms with Crippen molar-refractivity contribution in [3.63, 3.8) is 0 Å². The van der Waals surface area contributed by atoms with E-state index < -0.39 is 16.0 Å². The molecule has 0 bridgehead atoms. The molecule has 3 rings (SSSR count). The minimum atomic E-state index is -4.14. The maximum absolute atomic E-state index is 12.8. The van der Waals surface area contributed by atoms with Gasteiger partial charge in [-0.1, -0.05) is 24.3 Å². The number of hydrogen-bond acceptors (Lipinski definition) is 7. The van der Waals surface area contributed by atoms with E-state index in [1.165, 1.54) is 31.4 Å². The number of nitrogens with zero attached hydrogens (tertiary/aromatic N) is 1. The maximum Gasteiger partial charge on any atom is 0.339 e. The average Bonchev–Trinajstić information content (AvgIpc) is 2.90. The smallest absolute Gasteiger partial charge is 0.339 e. The molecule has 0 saturated carbocycles. The number of benzene rings is 3. The lowest BCUT2D eigenvalue weighted by Gasteiger charge is -2.15. The molecule has 9 heteroatoms. The van der Waals surface area contributed by atoms with Crippen molar-refractivity contribution < 1.29 is 26.9 Å². The van der Waals surface area contributed by atoms with Crippen LogP contribution in [0.25, 0.3) is 6.08 Å². The molecule has 8 nitrogen and oxygen atoms in total. The van der Waals surface area contributed by atoms with Crippen LogP contribution in [-0.4, -0.2) is 28.0 Å². The molecule has 0 atom stereocenters. The van der Waals surface area contributed by atoms with E-state index in [-0.39, 0.29) is 28.4 Å². The summed E-state index contributed by atoms with van der Waals surface area (Å²) in [5.74, 6) is 0.174. The van der Waals surface area contributed by atoms with Crippen LogP contribution in [0.1, 0.15) is 18.1 Å². The highest BCUT2D eigenvalue weighted by molar-refractivity contribution is 7.87. The van der Waals surface area contributed by atoms with E-state index in [1.807, 2.05) is 13.0 Å². The SMILES string of the molecule is C=CCc1cc(/C=C(\C#N)C(=O)Nc2ccc(OCC)cc2)cc(OC)c1OS(=O)(=O)c1ccccc1. The number of anilines is 1. The lowest BCUT2D eigenvalue weighted by atomic mass is 10.0. The topological polar surface area (TPSA) is 115 Å². The highest BCUT2D eigenvalue weighted by Gasteiger charge is 2.22. The Morgan fingerprint density at radius 1 is 1.11 bits per heavy atom. The molecule has 1 N–H and O–H groups in total. The Hall–Kier alpha value is -4.55. The molecular formula is C28H26N2O6S. The molecule has 0 saturated heterocycles.